The molecule has 4 heteroatoms. The Morgan fingerprint density at radius 3 is 2.58 bits per heavy atom. The number of carbonyl (C=O) groups is 1. The highest BCUT2D eigenvalue weighted by Crippen LogP contribution is 2.45. The zero-order valence-electron chi connectivity index (χ0n) is 15.1. The average Bonchev–Trinajstić information content (AvgIpc) is 3.25. The van der Waals surface area contributed by atoms with Gasteiger partial charge in [0, 0.05) is 23.9 Å². The fourth-order valence-electron chi connectivity index (χ4n) is 4.28. The van der Waals surface area contributed by atoms with Crippen molar-refractivity contribution < 1.29 is 14.3 Å². The molecule has 0 radical (unpaired) electrons. The SMILES string of the molecule is CCc1ccc(C2C(C(=O)O)C(c3ccc4occc4c3)CN2C)cc1. The molecule has 0 saturated carbocycles. The van der Waals surface area contributed by atoms with Crippen LogP contribution in [0.25, 0.3) is 11.0 Å². The predicted molar refractivity (Wildman–Crippen MR) is 101 cm³/mol. The van der Waals surface area contributed by atoms with Crippen LogP contribution in [0.4, 0.5) is 0 Å². The van der Waals surface area contributed by atoms with Crippen LogP contribution >= 0.6 is 0 Å². The van der Waals surface area contributed by atoms with Gasteiger partial charge in [0.15, 0.2) is 0 Å². The summed E-state index contributed by atoms with van der Waals surface area (Å²) in [6.07, 6.45) is 2.65. The Labute approximate surface area is 153 Å². The third-order valence-electron chi connectivity index (χ3n) is 5.65. The van der Waals surface area contributed by atoms with Crippen molar-refractivity contribution in [3.63, 3.8) is 0 Å². The van der Waals surface area contributed by atoms with Gasteiger partial charge in [-0.05, 0) is 48.4 Å². The number of rotatable bonds is 4. The molecule has 2 heterocycles. The van der Waals surface area contributed by atoms with Crippen LogP contribution in [0.1, 0.15) is 35.6 Å². The largest absolute Gasteiger partial charge is 0.481 e. The van der Waals surface area contributed by atoms with Crippen LogP contribution in [0, 0.1) is 5.92 Å². The van der Waals surface area contributed by atoms with Crippen molar-refractivity contribution in [3.05, 3.63) is 71.5 Å². The maximum atomic E-state index is 12.2. The second-order valence-corrected chi connectivity index (χ2v) is 7.17. The van der Waals surface area contributed by atoms with Gasteiger partial charge in [0.1, 0.15) is 5.58 Å². The Kier molecular flexibility index (Phi) is 4.29. The summed E-state index contributed by atoms with van der Waals surface area (Å²) in [5.74, 6) is -1.26. The third-order valence-corrected chi connectivity index (χ3v) is 5.65. The van der Waals surface area contributed by atoms with E-state index in [0.29, 0.717) is 0 Å². The van der Waals surface area contributed by atoms with Crippen molar-refractivity contribution in [2.75, 3.05) is 13.6 Å². The first kappa shape index (κ1) is 16.9. The molecule has 0 aliphatic carbocycles. The highest BCUT2D eigenvalue weighted by Gasteiger charge is 2.45. The monoisotopic (exact) mass is 349 g/mol. The molecule has 4 rings (SSSR count). The van der Waals surface area contributed by atoms with Gasteiger partial charge in [-0.15, -0.1) is 0 Å². The van der Waals surface area contributed by atoms with Crippen molar-refractivity contribution in [1.29, 1.82) is 0 Å². The molecule has 1 aliphatic rings. The molecule has 3 aromatic rings. The number of aliphatic carboxylic acids is 1. The van der Waals surface area contributed by atoms with Gasteiger partial charge >= 0.3 is 5.97 Å². The van der Waals surface area contributed by atoms with Gasteiger partial charge in [-0.25, -0.2) is 0 Å². The summed E-state index contributed by atoms with van der Waals surface area (Å²) in [6, 6.07) is 16.2. The highest BCUT2D eigenvalue weighted by atomic mass is 16.4. The van der Waals surface area contributed by atoms with Crippen LogP contribution in [0.15, 0.2) is 59.2 Å². The van der Waals surface area contributed by atoms with Gasteiger partial charge in [-0.1, -0.05) is 37.3 Å². The number of carboxylic acids is 1. The fraction of sp³-hybridized carbons (Fsp3) is 0.318. The lowest BCUT2D eigenvalue weighted by atomic mass is 9.82. The van der Waals surface area contributed by atoms with E-state index in [1.54, 1.807) is 6.26 Å². The van der Waals surface area contributed by atoms with Gasteiger partial charge in [-0.2, -0.15) is 0 Å². The first-order valence-electron chi connectivity index (χ1n) is 9.07. The van der Waals surface area contributed by atoms with Crippen LogP contribution in [0.5, 0.6) is 0 Å². The van der Waals surface area contributed by atoms with Crippen LogP contribution in [0.3, 0.4) is 0 Å². The Morgan fingerprint density at radius 1 is 1.15 bits per heavy atom. The van der Waals surface area contributed by atoms with Crippen LogP contribution < -0.4 is 0 Å². The van der Waals surface area contributed by atoms with E-state index in [4.69, 9.17) is 4.42 Å². The maximum Gasteiger partial charge on any atom is 0.309 e. The summed E-state index contributed by atoms with van der Waals surface area (Å²) in [5.41, 5.74) is 4.23. The van der Waals surface area contributed by atoms with E-state index in [1.807, 2.05) is 25.2 Å². The van der Waals surface area contributed by atoms with Crippen molar-refractivity contribution in [2.24, 2.45) is 5.92 Å². The van der Waals surface area contributed by atoms with Crippen molar-refractivity contribution >= 4 is 16.9 Å². The number of likely N-dealkylation sites (N-methyl/N-ethyl adjacent to an activating group) is 1. The molecule has 134 valence electrons. The lowest BCUT2D eigenvalue weighted by Gasteiger charge is -2.24. The number of fused-ring (bicyclic) bond motifs is 1. The van der Waals surface area contributed by atoms with E-state index in [1.165, 1.54) is 5.56 Å². The van der Waals surface area contributed by atoms with E-state index in [0.717, 1.165) is 35.1 Å². The first-order valence-corrected chi connectivity index (χ1v) is 9.07. The number of likely N-dealkylation sites (tertiary alicyclic amines) is 1. The molecule has 4 nitrogen and oxygen atoms in total. The number of aryl methyl sites for hydroxylation is 1. The lowest BCUT2D eigenvalue weighted by Crippen LogP contribution is -2.26. The van der Waals surface area contributed by atoms with Crippen LogP contribution in [0.2, 0.25) is 0 Å². The minimum Gasteiger partial charge on any atom is -0.481 e. The summed E-state index contributed by atoms with van der Waals surface area (Å²) in [7, 11) is 2.02. The van der Waals surface area contributed by atoms with Crippen molar-refractivity contribution in [1.82, 2.24) is 4.90 Å². The predicted octanol–water partition coefficient (Wildman–Crippen LogP) is 4.47. The van der Waals surface area contributed by atoms with E-state index >= 15 is 0 Å². The number of benzene rings is 2. The standard InChI is InChI=1S/C22H23NO3/c1-3-14-4-6-15(7-5-14)21-20(22(24)25)18(13-23(21)2)16-8-9-19-17(12-16)10-11-26-19/h4-12,18,20-21H,3,13H2,1-2H3,(H,24,25). The Balaban J connectivity index is 1.72. The van der Waals surface area contributed by atoms with E-state index < -0.39 is 11.9 Å². The van der Waals surface area contributed by atoms with Gasteiger partial charge < -0.3 is 9.52 Å². The molecular weight excluding hydrogens is 326 g/mol. The molecule has 0 spiro atoms. The zero-order chi connectivity index (χ0) is 18.3. The minimum atomic E-state index is -0.740. The quantitative estimate of drug-likeness (QED) is 0.755. The second-order valence-electron chi connectivity index (χ2n) is 7.17. The Bertz CT molecular complexity index is 928. The average molecular weight is 349 g/mol. The lowest BCUT2D eigenvalue weighted by molar-refractivity contribution is -0.143. The molecule has 1 saturated heterocycles. The summed E-state index contributed by atoms with van der Waals surface area (Å²) in [6.45, 7) is 2.85. The molecule has 1 aliphatic heterocycles. The van der Waals surface area contributed by atoms with Crippen LogP contribution in [-0.4, -0.2) is 29.6 Å². The fourth-order valence-corrected chi connectivity index (χ4v) is 4.28. The van der Waals surface area contributed by atoms with Crippen molar-refractivity contribution in [3.8, 4) is 0 Å². The summed E-state index contributed by atoms with van der Waals surface area (Å²) >= 11 is 0. The molecule has 2 aromatic carbocycles. The smallest absolute Gasteiger partial charge is 0.309 e. The number of carboxylic acid groups (broad SMARTS) is 1. The number of nitrogens with zero attached hydrogens (tertiary/aromatic N) is 1. The number of hydrogen-bond donors (Lipinski definition) is 1. The molecule has 1 N–H and O–H groups in total. The molecule has 0 amide bonds. The normalized spacial score (nSPS) is 23.5. The Hall–Kier alpha value is -2.59. The summed E-state index contributed by atoms with van der Waals surface area (Å²) in [5, 5.41) is 11.0. The van der Waals surface area contributed by atoms with Gasteiger partial charge in [0.2, 0.25) is 0 Å². The molecular formula is C22H23NO3. The third kappa shape index (κ3) is 2.80. The minimum absolute atomic E-state index is 0.0485. The number of hydrogen-bond acceptors (Lipinski definition) is 3. The molecule has 3 unspecified atom stereocenters. The zero-order valence-corrected chi connectivity index (χ0v) is 15.1. The summed E-state index contributed by atoms with van der Waals surface area (Å²) in [4.78, 5) is 14.4. The first-order chi connectivity index (χ1) is 12.6. The topological polar surface area (TPSA) is 53.7 Å². The maximum absolute atomic E-state index is 12.2. The van der Waals surface area contributed by atoms with Crippen molar-refractivity contribution in [2.45, 2.75) is 25.3 Å². The van der Waals surface area contributed by atoms with E-state index in [-0.39, 0.29) is 12.0 Å². The van der Waals surface area contributed by atoms with Crippen LogP contribution in [-0.2, 0) is 11.2 Å². The molecule has 3 atom stereocenters. The molecule has 0 bridgehead atoms. The Morgan fingerprint density at radius 2 is 1.88 bits per heavy atom. The van der Waals surface area contributed by atoms with Gasteiger partial charge in [0.05, 0.1) is 12.2 Å². The molecule has 1 fully saturated rings. The van der Waals surface area contributed by atoms with Gasteiger partial charge in [0.25, 0.3) is 0 Å². The van der Waals surface area contributed by atoms with Gasteiger partial charge in [-0.3, -0.25) is 9.69 Å². The van der Waals surface area contributed by atoms with E-state index in [9.17, 15) is 9.90 Å². The van der Waals surface area contributed by atoms with E-state index in [2.05, 4.69) is 42.2 Å². The summed E-state index contributed by atoms with van der Waals surface area (Å²) < 4.78 is 5.42. The second kappa shape index (κ2) is 6.61. The number of furan rings is 1. The molecule has 26 heavy (non-hydrogen) atoms. The molecule has 1 aromatic heterocycles. The highest BCUT2D eigenvalue weighted by molar-refractivity contribution is 5.79.